The van der Waals surface area contributed by atoms with E-state index < -0.39 is 37.3 Å². The minimum Gasteiger partial charge on any atom is -0.478 e. The Morgan fingerprint density at radius 3 is 2.28 bits per heavy atom. The second-order valence-electron chi connectivity index (χ2n) is 5.73. The number of ether oxygens (including phenoxy) is 1. The lowest BCUT2D eigenvalue weighted by molar-refractivity contribution is 0.0692. The lowest BCUT2D eigenvalue weighted by Gasteiger charge is -2.12. The first kappa shape index (κ1) is 20.9. The average molecular weight is 456 g/mol. The number of carboxylic acids is 1. The van der Waals surface area contributed by atoms with E-state index in [0.29, 0.717) is 22.6 Å². The molecule has 0 aliphatic heterocycles. The molecule has 0 saturated heterocycles. The van der Waals surface area contributed by atoms with E-state index in [1.807, 2.05) is 0 Å². The summed E-state index contributed by atoms with van der Waals surface area (Å²) in [5, 5.41) is 9.12. The molecule has 0 amide bonds. The molecule has 29 heavy (non-hydrogen) atoms. The highest BCUT2D eigenvalue weighted by Crippen LogP contribution is 2.30. The zero-order valence-corrected chi connectivity index (χ0v) is 16.7. The van der Waals surface area contributed by atoms with Crippen LogP contribution in [0, 0.1) is 5.82 Å². The maximum atomic E-state index is 13.7. The van der Waals surface area contributed by atoms with Gasteiger partial charge in [-0.15, -0.1) is 0 Å². The van der Waals surface area contributed by atoms with Crippen LogP contribution in [0.2, 0.25) is 10.0 Å². The van der Waals surface area contributed by atoms with Crippen molar-refractivity contribution in [2.24, 2.45) is 0 Å². The summed E-state index contributed by atoms with van der Waals surface area (Å²) in [6.45, 7) is 0. The fourth-order valence-corrected chi connectivity index (χ4v) is 3.96. The Balaban J connectivity index is 1.85. The molecule has 0 aliphatic rings. The van der Waals surface area contributed by atoms with Gasteiger partial charge in [0.2, 0.25) is 0 Å². The molecule has 0 atom stereocenters. The van der Waals surface area contributed by atoms with Crippen LogP contribution in [-0.4, -0.2) is 19.5 Å². The van der Waals surface area contributed by atoms with Gasteiger partial charge in [-0.1, -0.05) is 35.3 Å². The standard InChI is InChI=1S/C19H12Cl2FNO5S/c20-14-3-1-2-4-17(14)28-12-7-5-11(6-8-12)23-29(26,27)18-10-16(22)15(21)9-13(18)19(24)25/h1-10,23H,(H,24,25). The molecule has 6 nitrogen and oxygen atoms in total. The Morgan fingerprint density at radius 2 is 1.66 bits per heavy atom. The van der Waals surface area contributed by atoms with Crippen LogP contribution in [0.1, 0.15) is 10.4 Å². The second kappa shape index (κ2) is 8.28. The highest BCUT2D eigenvalue weighted by molar-refractivity contribution is 7.92. The molecular weight excluding hydrogens is 444 g/mol. The van der Waals surface area contributed by atoms with Gasteiger partial charge in [0.05, 0.1) is 15.6 Å². The van der Waals surface area contributed by atoms with E-state index in [1.54, 1.807) is 24.3 Å². The molecule has 0 spiro atoms. The third-order valence-electron chi connectivity index (χ3n) is 3.71. The molecule has 0 fully saturated rings. The van der Waals surface area contributed by atoms with Crippen LogP contribution < -0.4 is 9.46 Å². The third kappa shape index (κ3) is 4.79. The number of carboxylic acid groups (broad SMARTS) is 1. The number of hydrogen-bond acceptors (Lipinski definition) is 4. The van der Waals surface area contributed by atoms with Gasteiger partial charge in [0.1, 0.15) is 22.2 Å². The first-order valence-electron chi connectivity index (χ1n) is 7.95. The summed E-state index contributed by atoms with van der Waals surface area (Å²) in [5.41, 5.74) is -0.536. The second-order valence-corrected chi connectivity index (χ2v) is 8.20. The van der Waals surface area contributed by atoms with E-state index in [-0.39, 0.29) is 5.69 Å². The van der Waals surface area contributed by atoms with Gasteiger partial charge in [0.25, 0.3) is 10.0 Å². The monoisotopic (exact) mass is 455 g/mol. The molecule has 150 valence electrons. The predicted octanol–water partition coefficient (Wildman–Crippen LogP) is 5.42. The quantitative estimate of drug-likeness (QED) is 0.517. The Morgan fingerprint density at radius 1 is 1.00 bits per heavy atom. The van der Waals surface area contributed by atoms with Gasteiger partial charge in [-0.3, -0.25) is 4.72 Å². The summed E-state index contributed by atoms with van der Waals surface area (Å²) >= 11 is 11.6. The number of halogens is 3. The van der Waals surface area contributed by atoms with Crippen LogP contribution in [0.25, 0.3) is 0 Å². The molecule has 2 N–H and O–H groups in total. The number of benzene rings is 3. The van der Waals surface area contributed by atoms with Crippen LogP contribution >= 0.6 is 23.2 Å². The van der Waals surface area contributed by atoms with E-state index >= 15 is 0 Å². The topological polar surface area (TPSA) is 92.7 Å². The van der Waals surface area contributed by atoms with E-state index in [0.717, 1.165) is 6.07 Å². The van der Waals surface area contributed by atoms with E-state index in [1.165, 1.54) is 24.3 Å². The predicted molar refractivity (Wildman–Crippen MR) is 107 cm³/mol. The summed E-state index contributed by atoms with van der Waals surface area (Å²) in [6, 6.07) is 13.9. The summed E-state index contributed by atoms with van der Waals surface area (Å²) in [4.78, 5) is 10.6. The molecule has 3 aromatic rings. The minimum absolute atomic E-state index is 0.114. The van der Waals surface area contributed by atoms with Gasteiger partial charge in [0, 0.05) is 5.69 Å². The zero-order chi connectivity index (χ0) is 21.2. The van der Waals surface area contributed by atoms with Crippen molar-refractivity contribution in [1.29, 1.82) is 0 Å². The first-order valence-corrected chi connectivity index (χ1v) is 10.2. The number of rotatable bonds is 6. The number of aromatic carboxylic acids is 1. The van der Waals surface area contributed by atoms with Gasteiger partial charge < -0.3 is 9.84 Å². The van der Waals surface area contributed by atoms with Crippen molar-refractivity contribution in [2.75, 3.05) is 4.72 Å². The normalized spacial score (nSPS) is 11.1. The van der Waals surface area contributed by atoms with E-state index in [4.69, 9.17) is 27.9 Å². The molecule has 0 aliphatic carbocycles. The Hall–Kier alpha value is -2.81. The maximum absolute atomic E-state index is 13.7. The zero-order valence-electron chi connectivity index (χ0n) is 14.4. The van der Waals surface area contributed by atoms with Crippen molar-refractivity contribution in [3.05, 3.63) is 82.1 Å². The highest BCUT2D eigenvalue weighted by Gasteiger charge is 2.25. The Labute approximate surface area is 175 Å². The first-order chi connectivity index (χ1) is 13.7. The largest absolute Gasteiger partial charge is 0.478 e. The van der Waals surface area contributed by atoms with Crippen molar-refractivity contribution in [1.82, 2.24) is 0 Å². The van der Waals surface area contributed by atoms with Crippen molar-refractivity contribution >= 4 is 44.9 Å². The van der Waals surface area contributed by atoms with Crippen LogP contribution in [0.4, 0.5) is 10.1 Å². The van der Waals surface area contributed by atoms with Gasteiger partial charge in [-0.2, -0.15) is 0 Å². The summed E-state index contributed by atoms with van der Waals surface area (Å²) in [6.07, 6.45) is 0. The van der Waals surface area contributed by atoms with Crippen molar-refractivity contribution < 1.29 is 27.4 Å². The number of sulfonamides is 1. The lowest BCUT2D eigenvalue weighted by atomic mass is 10.2. The molecule has 0 radical (unpaired) electrons. The number of nitrogens with one attached hydrogen (secondary N) is 1. The van der Waals surface area contributed by atoms with Gasteiger partial charge in [-0.25, -0.2) is 17.6 Å². The fourth-order valence-electron chi connectivity index (χ4n) is 2.37. The Kier molecular flexibility index (Phi) is 5.97. The molecule has 10 heteroatoms. The molecule has 3 aromatic carbocycles. The fraction of sp³-hybridized carbons (Fsp3) is 0. The lowest BCUT2D eigenvalue weighted by Crippen LogP contribution is -2.17. The smallest absolute Gasteiger partial charge is 0.337 e. The molecule has 0 aromatic heterocycles. The van der Waals surface area contributed by atoms with Gasteiger partial charge >= 0.3 is 5.97 Å². The molecule has 0 bridgehead atoms. The summed E-state index contributed by atoms with van der Waals surface area (Å²) < 4.78 is 46.7. The summed E-state index contributed by atoms with van der Waals surface area (Å²) in [5.74, 6) is -1.80. The van der Waals surface area contributed by atoms with Crippen LogP contribution in [0.15, 0.2) is 65.6 Å². The van der Waals surface area contributed by atoms with Gasteiger partial charge in [-0.05, 0) is 48.5 Å². The number of anilines is 1. The third-order valence-corrected chi connectivity index (χ3v) is 5.74. The average Bonchev–Trinajstić information content (AvgIpc) is 2.66. The minimum atomic E-state index is -4.40. The van der Waals surface area contributed by atoms with E-state index in [2.05, 4.69) is 4.72 Å². The highest BCUT2D eigenvalue weighted by atomic mass is 35.5. The number of carbonyl (C=O) groups is 1. The van der Waals surface area contributed by atoms with Crippen molar-refractivity contribution in [3.8, 4) is 11.5 Å². The van der Waals surface area contributed by atoms with Crippen molar-refractivity contribution in [2.45, 2.75) is 4.90 Å². The maximum Gasteiger partial charge on any atom is 0.337 e. The van der Waals surface area contributed by atoms with Gasteiger partial charge in [0.15, 0.2) is 0 Å². The molecule has 0 heterocycles. The Bertz CT molecular complexity index is 1180. The number of para-hydroxylation sites is 1. The molecule has 0 saturated carbocycles. The SMILES string of the molecule is O=C(O)c1cc(Cl)c(F)cc1S(=O)(=O)Nc1ccc(Oc2ccccc2Cl)cc1. The summed E-state index contributed by atoms with van der Waals surface area (Å²) in [7, 11) is -4.40. The number of hydrogen-bond donors (Lipinski definition) is 2. The molecule has 3 rings (SSSR count). The van der Waals surface area contributed by atoms with E-state index in [9.17, 15) is 22.7 Å². The molecular formula is C19H12Cl2FNO5S. The van der Waals surface area contributed by atoms with Crippen LogP contribution in [-0.2, 0) is 10.0 Å². The van der Waals surface area contributed by atoms with Crippen LogP contribution in [0.3, 0.4) is 0 Å². The van der Waals surface area contributed by atoms with Crippen molar-refractivity contribution in [3.63, 3.8) is 0 Å². The molecule has 0 unspecified atom stereocenters. The van der Waals surface area contributed by atoms with Crippen LogP contribution in [0.5, 0.6) is 11.5 Å².